The lowest BCUT2D eigenvalue weighted by Crippen LogP contribution is -2.11. The maximum Gasteiger partial charge on any atom is 0.219 e. The SMILES string of the molecule is N=C(N)c1ccnc(Oc2ccc(Br)cc2)c1. The van der Waals surface area contributed by atoms with Gasteiger partial charge in [-0.15, -0.1) is 0 Å². The van der Waals surface area contributed by atoms with Crippen LogP contribution < -0.4 is 10.5 Å². The Morgan fingerprint density at radius 2 is 1.94 bits per heavy atom. The van der Waals surface area contributed by atoms with Crippen molar-refractivity contribution in [2.75, 3.05) is 0 Å². The molecule has 4 nitrogen and oxygen atoms in total. The van der Waals surface area contributed by atoms with E-state index in [4.69, 9.17) is 15.9 Å². The third kappa shape index (κ3) is 3.04. The molecule has 0 saturated heterocycles. The van der Waals surface area contributed by atoms with Gasteiger partial charge in [0.15, 0.2) is 0 Å². The third-order valence-electron chi connectivity index (χ3n) is 2.08. The maximum atomic E-state index is 7.33. The molecule has 0 atom stereocenters. The van der Waals surface area contributed by atoms with Crippen LogP contribution in [0.2, 0.25) is 0 Å². The van der Waals surface area contributed by atoms with E-state index < -0.39 is 0 Å². The molecule has 3 N–H and O–H groups in total. The van der Waals surface area contributed by atoms with Crippen molar-refractivity contribution < 1.29 is 4.74 Å². The molecule has 1 aromatic heterocycles. The van der Waals surface area contributed by atoms with Gasteiger partial charge in [-0.2, -0.15) is 0 Å². The molecule has 1 aromatic carbocycles. The number of amidine groups is 1. The molecule has 2 rings (SSSR count). The van der Waals surface area contributed by atoms with Crippen LogP contribution in [0.15, 0.2) is 47.1 Å². The highest BCUT2D eigenvalue weighted by molar-refractivity contribution is 9.10. The highest BCUT2D eigenvalue weighted by Gasteiger charge is 2.02. The van der Waals surface area contributed by atoms with Crippen LogP contribution >= 0.6 is 15.9 Å². The summed E-state index contributed by atoms with van der Waals surface area (Å²) in [5.74, 6) is 1.09. The van der Waals surface area contributed by atoms with E-state index in [-0.39, 0.29) is 5.84 Å². The number of pyridine rings is 1. The second kappa shape index (κ2) is 4.97. The van der Waals surface area contributed by atoms with Crippen molar-refractivity contribution in [3.63, 3.8) is 0 Å². The van der Waals surface area contributed by atoms with Crippen molar-refractivity contribution in [2.45, 2.75) is 0 Å². The van der Waals surface area contributed by atoms with Crippen LogP contribution in [0.25, 0.3) is 0 Å². The Labute approximate surface area is 107 Å². The fraction of sp³-hybridized carbons (Fsp3) is 0. The van der Waals surface area contributed by atoms with E-state index in [2.05, 4.69) is 20.9 Å². The average Bonchev–Trinajstić information content (AvgIpc) is 2.32. The van der Waals surface area contributed by atoms with E-state index >= 15 is 0 Å². The number of nitrogen functional groups attached to an aromatic ring is 1. The third-order valence-corrected chi connectivity index (χ3v) is 2.61. The number of hydrogen-bond donors (Lipinski definition) is 2. The molecule has 0 spiro atoms. The lowest BCUT2D eigenvalue weighted by atomic mass is 10.2. The van der Waals surface area contributed by atoms with Crippen molar-refractivity contribution >= 4 is 21.8 Å². The van der Waals surface area contributed by atoms with Crippen molar-refractivity contribution in [1.82, 2.24) is 4.98 Å². The molecule has 17 heavy (non-hydrogen) atoms. The summed E-state index contributed by atoms with van der Waals surface area (Å²) >= 11 is 3.35. The van der Waals surface area contributed by atoms with Gasteiger partial charge in [0.25, 0.3) is 0 Å². The summed E-state index contributed by atoms with van der Waals surface area (Å²) in [6.45, 7) is 0. The Balaban J connectivity index is 2.21. The van der Waals surface area contributed by atoms with Crippen molar-refractivity contribution in [2.24, 2.45) is 5.73 Å². The normalized spacial score (nSPS) is 9.94. The Bertz CT molecular complexity index is 540. The zero-order valence-corrected chi connectivity index (χ0v) is 10.4. The van der Waals surface area contributed by atoms with Crippen LogP contribution in [-0.4, -0.2) is 10.8 Å². The molecule has 1 heterocycles. The predicted octanol–water partition coefficient (Wildman–Crippen LogP) is 2.92. The maximum absolute atomic E-state index is 7.33. The minimum atomic E-state index is -0.00643. The molecule has 0 bridgehead atoms. The Morgan fingerprint density at radius 1 is 1.24 bits per heavy atom. The first-order chi connectivity index (χ1) is 8.15. The summed E-state index contributed by atoms with van der Waals surface area (Å²) in [7, 11) is 0. The van der Waals surface area contributed by atoms with Gasteiger partial charge in [0.2, 0.25) is 5.88 Å². The monoisotopic (exact) mass is 291 g/mol. The molecule has 5 heteroatoms. The number of nitrogens with two attached hydrogens (primary N) is 1. The number of nitrogens with zero attached hydrogens (tertiary/aromatic N) is 1. The lowest BCUT2D eigenvalue weighted by Gasteiger charge is -2.05. The average molecular weight is 292 g/mol. The van der Waals surface area contributed by atoms with Gasteiger partial charge in [0.05, 0.1) is 0 Å². The number of benzene rings is 1. The van der Waals surface area contributed by atoms with E-state index in [0.29, 0.717) is 17.2 Å². The van der Waals surface area contributed by atoms with Gasteiger partial charge in [-0.25, -0.2) is 4.98 Å². The zero-order chi connectivity index (χ0) is 12.3. The molecule has 0 unspecified atom stereocenters. The Morgan fingerprint density at radius 3 is 2.59 bits per heavy atom. The molecular weight excluding hydrogens is 282 g/mol. The number of hydrogen-bond acceptors (Lipinski definition) is 3. The standard InChI is InChI=1S/C12H10BrN3O/c13-9-1-3-10(4-2-9)17-11-7-8(12(14)15)5-6-16-11/h1-7H,(H3,14,15). The number of aromatic nitrogens is 1. The molecule has 0 aliphatic heterocycles. The number of halogens is 1. The number of rotatable bonds is 3. The van der Waals surface area contributed by atoms with E-state index in [1.165, 1.54) is 0 Å². The predicted molar refractivity (Wildman–Crippen MR) is 69.5 cm³/mol. The summed E-state index contributed by atoms with van der Waals surface area (Å²) in [6, 6.07) is 10.7. The second-order valence-corrected chi connectivity index (χ2v) is 4.27. The number of nitrogens with one attached hydrogen (secondary N) is 1. The fourth-order valence-corrected chi connectivity index (χ4v) is 1.52. The first kappa shape index (κ1) is 11.6. The van der Waals surface area contributed by atoms with E-state index in [1.54, 1.807) is 18.3 Å². The molecule has 0 radical (unpaired) electrons. The summed E-state index contributed by atoms with van der Waals surface area (Å²) in [4.78, 5) is 4.05. The molecule has 0 saturated carbocycles. The quantitative estimate of drug-likeness (QED) is 0.675. The first-order valence-corrected chi connectivity index (χ1v) is 5.68. The molecule has 0 aliphatic carbocycles. The second-order valence-electron chi connectivity index (χ2n) is 3.35. The number of ether oxygens (including phenoxy) is 1. The van der Waals surface area contributed by atoms with Crippen LogP contribution in [0.1, 0.15) is 5.56 Å². The molecule has 0 aliphatic rings. The van der Waals surface area contributed by atoms with Gasteiger partial charge < -0.3 is 10.5 Å². The minimum absolute atomic E-state index is 0.00643. The molecule has 0 amide bonds. The van der Waals surface area contributed by atoms with Gasteiger partial charge in [-0.05, 0) is 30.3 Å². The van der Waals surface area contributed by atoms with Crippen LogP contribution in [0.5, 0.6) is 11.6 Å². The summed E-state index contributed by atoms with van der Waals surface area (Å²) in [5, 5.41) is 7.33. The lowest BCUT2D eigenvalue weighted by molar-refractivity contribution is 0.463. The van der Waals surface area contributed by atoms with Gasteiger partial charge in [0, 0.05) is 22.3 Å². The molecule has 86 valence electrons. The minimum Gasteiger partial charge on any atom is -0.439 e. The summed E-state index contributed by atoms with van der Waals surface area (Å²) < 4.78 is 6.52. The van der Waals surface area contributed by atoms with E-state index in [1.807, 2.05) is 24.3 Å². The topological polar surface area (TPSA) is 72.0 Å². The van der Waals surface area contributed by atoms with E-state index in [9.17, 15) is 0 Å². The smallest absolute Gasteiger partial charge is 0.219 e. The van der Waals surface area contributed by atoms with Gasteiger partial charge in [0.1, 0.15) is 11.6 Å². The fourth-order valence-electron chi connectivity index (χ4n) is 1.26. The summed E-state index contributed by atoms with van der Waals surface area (Å²) in [5.41, 5.74) is 5.98. The molecule has 2 aromatic rings. The van der Waals surface area contributed by atoms with Gasteiger partial charge >= 0.3 is 0 Å². The van der Waals surface area contributed by atoms with Crippen molar-refractivity contribution in [3.8, 4) is 11.6 Å². The first-order valence-electron chi connectivity index (χ1n) is 4.89. The summed E-state index contributed by atoms with van der Waals surface area (Å²) in [6.07, 6.45) is 1.56. The Kier molecular flexibility index (Phi) is 3.39. The Hall–Kier alpha value is -1.88. The van der Waals surface area contributed by atoms with Gasteiger partial charge in [-0.3, -0.25) is 5.41 Å². The largest absolute Gasteiger partial charge is 0.439 e. The van der Waals surface area contributed by atoms with Crippen LogP contribution in [0, 0.1) is 5.41 Å². The van der Waals surface area contributed by atoms with Gasteiger partial charge in [-0.1, -0.05) is 15.9 Å². The van der Waals surface area contributed by atoms with Crippen LogP contribution in [0.3, 0.4) is 0 Å². The molecule has 0 fully saturated rings. The highest BCUT2D eigenvalue weighted by atomic mass is 79.9. The van der Waals surface area contributed by atoms with Crippen LogP contribution in [-0.2, 0) is 0 Å². The highest BCUT2D eigenvalue weighted by Crippen LogP contribution is 2.21. The zero-order valence-electron chi connectivity index (χ0n) is 8.85. The molecular formula is C12H10BrN3O. The van der Waals surface area contributed by atoms with Crippen molar-refractivity contribution in [1.29, 1.82) is 5.41 Å². The van der Waals surface area contributed by atoms with E-state index in [0.717, 1.165) is 4.47 Å². The van der Waals surface area contributed by atoms with Crippen LogP contribution in [0.4, 0.5) is 0 Å². The van der Waals surface area contributed by atoms with Crippen molar-refractivity contribution in [3.05, 3.63) is 52.6 Å².